The molecule has 1 unspecified atom stereocenters. The molecule has 3 rings (SSSR count). The highest BCUT2D eigenvalue weighted by Gasteiger charge is 2.29. The van der Waals surface area contributed by atoms with Gasteiger partial charge in [0.1, 0.15) is 5.69 Å². The number of pyridine rings is 1. The number of nitrogens with zero attached hydrogens (tertiary/aromatic N) is 4. The number of hydrogen-bond acceptors (Lipinski definition) is 6. The zero-order chi connectivity index (χ0) is 18.5. The average molecular weight is 355 g/mol. The lowest BCUT2D eigenvalue weighted by Crippen LogP contribution is -2.51. The average Bonchev–Trinajstić information content (AvgIpc) is 2.68. The first-order valence-corrected chi connectivity index (χ1v) is 8.42. The van der Waals surface area contributed by atoms with Crippen LogP contribution in [0.25, 0.3) is 0 Å². The molecule has 0 saturated carbocycles. The SMILES string of the molecule is CN(CC(=O)N1CCNCC1c1cccnc1)c1ccccc1[N+](=O)[O-]. The number of aromatic nitrogens is 1. The summed E-state index contributed by atoms with van der Waals surface area (Å²) in [6, 6.07) is 10.2. The maximum Gasteiger partial charge on any atom is 0.292 e. The van der Waals surface area contributed by atoms with Crippen LogP contribution in [0, 0.1) is 10.1 Å². The highest BCUT2D eigenvalue weighted by Crippen LogP contribution is 2.27. The molecule has 0 spiro atoms. The molecule has 1 aromatic carbocycles. The summed E-state index contributed by atoms with van der Waals surface area (Å²) in [7, 11) is 1.70. The van der Waals surface area contributed by atoms with Gasteiger partial charge in [-0.1, -0.05) is 18.2 Å². The largest absolute Gasteiger partial charge is 0.360 e. The van der Waals surface area contributed by atoms with Crippen LogP contribution in [-0.2, 0) is 4.79 Å². The Balaban J connectivity index is 1.77. The number of carbonyl (C=O) groups is 1. The van der Waals surface area contributed by atoms with Crippen LogP contribution in [-0.4, -0.2) is 53.9 Å². The fraction of sp³-hybridized carbons (Fsp3) is 0.333. The fourth-order valence-corrected chi connectivity index (χ4v) is 3.19. The van der Waals surface area contributed by atoms with E-state index in [-0.39, 0.29) is 24.2 Å². The third-order valence-corrected chi connectivity index (χ3v) is 4.50. The van der Waals surface area contributed by atoms with Crippen LogP contribution in [0.1, 0.15) is 11.6 Å². The van der Waals surface area contributed by atoms with Gasteiger partial charge in [-0.2, -0.15) is 0 Å². The number of rotatable bonds is 5. The molecule has 1 aliphatic heterocycles. The van der Waals surface area contributed by atoms with Gasteiger partial charge in [0.25, 0.3) is 5.69 Å². The van der Waals surface area contributed by atoms with Crippen molar-refractivity contribution in [3.8, 4) is 0 Å². The topological polar surface area (TPSA) is 91.6 Å². The molecule has 136 valence electrons. The van der Waals surface area contributed by atoms with Gasteiger partial charge in [-0.15, -0.1) is 0 Å². The van der Waals surface area contributed by atoms with Crippen molar-refractivity contribution in [3.63, 3.8) is 0 Å². The number of nitro groups is 1. The van der Waals surface area contributed by atoms with E-state index in [9.17, 15) is 14.9 Å². The minimum atomic E-state index is -0.431. The predicted molar refractivity (Wildman–Crippen MR) is 97.9 cm³/mol. The molecule has 2 aromatic rings. The van der Waals surface area contributed by atoms with Crippen molar-refractivity contribution in [1.29, 1.82) is 0 Å². The fourth-order valence-electron chi connectivity index (χ4n) is 3.19. The van der Waals surface area contributed by atoms with Crippen LogP contribution in [0.3, 0.4) is 0 Å². The maximum absolute atomic E-state index is 12.9. The molecular formula is C18H21N5O3. The molecule has 1 aromatic heterocycles. The first kappa shape index (κ1) is 17.8. The van der Waals surface area contributed by atoms with Crippen molar-refractivity contribution in [2.24, 2.45) is 0 Å². The number of piperazine rings is 1. The Morgan fingerprint density at radius 3 is 2.92 bits per heavy atom. The molecule has 1 saturated heterocycles. The lowest BCUT2D eigenvalue weighted by Gasteiger charge is -2.37. The van der Waals surface area contributed by atoms with Crippen LogP contribution >= 0.6 is 0 Å². The lowest BCUT2D eigenvalue weighted by molar-refractivity contribution is -0.384. The van der Waals surface area contributed by atoms with E-state index in [4.69, 9.17) is 0 Å². The number of amides is 1. The molecule has 0 aliphatic carbocycles. The highest BCUT2D eigenvalue weighted by atomic mass is 16.6. The van der Waals surface area contributed by atoms with E-state index in [1.54, 1.807) is 42.5 Å². The zero-order valence-corrected chi connectivity index (χ0v) is 14.5. The second-order valence-electron chi connectivity index (χ2n) is 6.20. The van der Waals surface area contributed by atoms with E-state index < -0.39 is 4.92 Å². The molecule has 8 heteroatoms. The van der Waals surface area contributed by atoms with Crippen LogP contribution in [0.4, 0.5) is 11.4 Å². The summed E-state index contributed by atoms with van der Waals surface area (Å²) in [6.07, 6.45) is 3.47. The number of nitro benzene ring substituents is 1. The lowest BCUT2D eigenvalue weighted by atomic mass is 10.1. The number of carbonyl (C=O) groups excluding carboxylic acids is 1. The number of hydrogen-bond donors (Lipinski definition) is 1. The van der Waals surface area contributed by atoms with Crippen molar-refractivity contribution < 1.29 is 9.72 Å². The Kier molecular flexibility index (Phi) is 5.43. The first-order chi connectivity index (χ1) is 12.6. The van der Waals surface area contributed by atoms with Gasteiger partial charge in [0.15, 0.2) is 0 Å². The molecule has 0 bridgehead atoms. The standard InChI is InChI=1S/C18H21N5O3/c1-21(15-6-2-3-7-16(15)23(25)26)13-18(24)22-10-9-20-12-17(22)14-5-4-8-19-11-14/h2-8,11,17,20H,9-10,12-13H2,1H3. The van der Waals surface area contributed by atoms with Crippen molar-refractivity contribution in [2.75, 3.05) is 38.1 Å². The second-order valence-corrected chi connectivity index (χ2v) is 6.20. The molecule has 1 aliphatic rings. The van der Waals surface area contributed by atoms with Gasteiger partial charge in [0.2, 0.25) is 5.91 Å². The molecular weight excluding hydrogens is 334 g/mol. The normalized spacial score (nSPS) is 17.0. The van der Waals surface area contributed by atoms with Crippen molar-refractivity contribution in [1.82, 2.24) is 15.2 Å². The van der Waals surface area contributed by atoms with E-state index >= 15 is 0 Å². The number of para-hydroxylation sites is 2. The second kappa shape index (κ2) is 7.92. The smallest absolute Gasteiger partial charge is 0.292 e. The van der Waals surface area contributed by atoms with Crippen LogP contribution < -0.4 is 10.2 Å². The minimum absolute atomic E-state index is 0.00748. The van der Waals surface area contributed by atoms with Gasteiger partial charge in [0.05, 0.1) is 17.5 Å². The zero-order valence-electron chi connectivity index (χ0n) is 14.5. The minimum Gasteiger partial charge on any atom is -0.360 e. The molecule has 0 radical (unpaired) electrons. The molecule has 1 fully saturated rings. The molecule has 1 N–H and O–H groups in total. The Bertz CT molecular complexity index is 783. The van der Waals surface area contributed by atoms with Gasteiger partial charge >= 0.3 is 0 Å². The maximum atomic E-state index is 12.9. The third kappa shape index (κ3) is 3.80. The summed E-state index contributed by atoms with van der Waals surface area (Å²) in [6.45, 7) is 2.04. The van der Waals surface area contributed by atoms with E-state index in [0.29, 0.717) is 18.8 Å². The van der Waals surface area contributed by atoms with Gasteiger partial charge in [-0.3, -0.25) is 19.9 Å². The Morgan fingerprint density at radius 1 is 1.38 bits per heavy atom. The van der Waals surface area contributed by atoms with Crippen molar-refractivity contribution >= 4 is 17.3 Å². The van der Waals surface area contributed by atoms with Crippen molar-refractivity contribution in [2.45, 2.75) is 6.04 Å². The van der Waals surface area contributed by atoms with Gasteiger partial charge in [0, 0.05) is 45.1 Å². The quantitative estimate of drug-likeness (QED) is 0.647. The summed E-state index contributed by atoms with van der Waals surface area (Å²) in [4.78, 5) is 31.3. The van der Waals surface area contributed by atoms with Crippen LogP contribution in [0.15, 0.2) is 48.8 Å². The Morgan fingerprint density at radius 2 is 2.19 bits per heavy atom. The first-order valence-electron chi connectivity index (χ1n) is 8.42. The van der Waals surface area contributed by atoms with Gasteiger partial charge < -0.3 is 15.1 Å². The number of nitrogens with one attached hydrogen (secondary N) is 1. The number of benzene rings is 1. The summed E-state index contributed by atoms with van der Waals surface area (Å²) < 4.78 is 0. The Hall–Kier alpha value is -3.00. The van der Waals surface area contributed by atoms with E-state index in [2.05, 4.69) is 10.3 Å². The summed E-state index contributed by atoms with van der Waals surface area (Å²) in [5.74, 6) is -0.0685. The van der Waals surface area contributed by atoms with E-state index in [1.165, 1.54) is 6.07 Å². The number of anilines is 1. The van der Waals surface area contributed by atoms with Crippen LogP contribution in [0.2, 0.25) is 0 Å². The summed E-state index contributed by atoms with van der Waals surface area (Å²) in [5, 5.41) is 14.5. The summed E-state index contributed by atoms with van der Waals surface area (Å²) >= 11 is 0. The van der Waals surface area contributed by atoms with Gasteiger partial charge in [-0.25, -0.2) is 0 Å². The monoisotopic (exact) mass is 355 g/mol. The molecule has 1 atom stereocenters. The molecule has 26 heavy (non-hydrogen) atoms. The van der Waals surface area contributed by atoms with E-state index in [1.807, 2.05) is 17.0 Å². The van der Waals surface area contributed by atoms with Gasteiger partial charge in [-0.05, 0) is 17.7 Å². The third-order valence-electron chi connectivity index (χ3n) is 4.50. The highest BCUT2D eigenvalue weighted by molar-refractivity contribution is 5.83. The molecule has 2 heterocycles. The van der Waals surface area contributed by atoms with Crippen LogP contribution in [0.5, 0.6) is 0 Å². The number of likely N-dealkylation sites (N-methyl/N-ethyl adjacent to an activating group) is 1. The van der Waals surface area contributed by atoms with E-state index in [0.717, 1.165) is 12.1 Å². The predicted octanol–water partition coefficient (Wildman–Crippen LogP) is 1.60. The molecule has 1 amide bonds. The Labute approximate surface area is 151 Å². The van der Waals surface area contributed by atoms with Crippen molar-refractivity contribution in [3.05, 3.63) is 64.5 Å². The summed E-state index contributed by atoms with van der Waals surface area (Å²) in [5.41, 5.74) is 1.40. The molecule has 8 nitrogen and oxygen atoms in total.